The number of pyridine rings is 1. The molecular formula is C19H21N3O. The number of aryl methyl sites for hydroxylation is 2. The van der Waals surface area contributed by atoms with Crippen molar-refractivity contribution in [2.75, 3.05) is 6.54 Å². The highest BCUT2D eigenvalue weighted by molar-refractivity contribution is 5.76. The Balaban J connectivity index is 1.39. The molecule has 118 valence electrons. The summed E-state index contributed by atoms with van der Waals surface area (Å²) in [6.45, 7) is 0.690. The van der Waals surface area contributed by atoms with Gasteiger partial charge < -0.3 is 9.72 Å². The third kappa shape index (κ3) is 4.19. The van der Waals surface area contributed by atoms with Crippen LogP contribution in [0.5, 0.6) is 0 Å². The van der Waals surface area contributed by atoms with Gasteiger partial charge in [-0.2, -0.15) is 0 Å². The summed E-state index contributed by atoms with van der Waals surface area (Å²) in [5.74, 6) is 1.15. The van der Waals surface area contributed by atoms with Crippen molar-refractivity contribution >= 4 is 11.4 Å². The van der Waals surface area contributed by atoms with E-state index in [-0.39, 0.29) is 5.91 Å². The average Bonchev–Trinajstić information content (AvgIpc) is 3.01. The molecule has 0 saturated carbocycles. The molecule has 0 bridgehead atoms. The SMILES string of the molecule is O=C(CCc1ccccc1)NCCCc1ncc2ccccn12. The zero-order valence-electron chi connectivity index (χ0n) is 13.1. The topological polar surface area (TPSA) is 46.4 Å². The Morgan fingerprint density at radius 1 is 1.04 bits per heavy atom. The van der Waals surface area contributed by atoms with Crippen LogP contribution in [0.3, 0.4) is 0 Å². The van der Waals surface area contributed by atoms with Crippen molar-refractivity contribution < 1.29 is 4.79 Å². The largest absolute Gasteiger partial charge is 0.356 e. The van der Waals surface area contributed by atoms with Crippen LogP contribution in [0.15, 0.2) is 60.9 Å². The standard InChI is InChI=1S/C19H21N3O/c23-19(12-11-16-7-2-1-3-8-16)20-13-6-10-18-21-15-17-9-4-5-14-22(17)18/h1-5,7-9,14-15H,6,10-13H2,(H,20,23). The summed E-state index contributed by atoms with van der Waals surface area (Å²) in [7, 11) is 0. The van der Waals surface area contributed by atoms with Gasteiger partial charge in [0, 0.05) is 25.6 Å². The van der Waals surface area contributed by atoms with Crippen LogP contribution >= 0.6 is 0 Å². The van der Waals surface area contributed by atoms with Crippen LogP contribution in [0.1, 0.15) is 24.2 Å². The molecule has 1 amide bonds. The molecule has 0 saturated heterocycles. The molecule has 0 fully saturated rings. The Kier molecular flexibility index (Phi) is 5.04. The number of imidazole rings is 1. The van der Waals surface area contributed by atoms with E-state index < -0.39 is 0 Å². The predicted molar refractivity (Wildman–Crippen MR) is 91.3 cm³/mol. The molecule has 0 unspecified atom stereocenters. The molecule has 2 heterocycles. The summed E-state index contributed by atoms with van der Waals surface area (Å²) >= 11 is 0. The first kappa shape index (κ1) is 15.3. The lowest BCUT2D eigenvalue weighted by molar-refractivity contribution is -0.121. The molecule has 0 aliphatic rings. The quantitative estimate of drug-likeness (QED) is 0.682. The van der Waals surface area contributed by atoms with Crippen LogP contribution in [-0.2, 0) is 17.6 Å². The normalized spacial score (nSPS) is 10.8. The minimum Gasteiger partial charge on any atom is -0.356 e. The second kappa shape index (κ2) is 7.58. The fourth-order valence-corrected chi connectivity index (χ4v) is 2.65. The first-order valence-corrected chi connectivity index (χ1v) is 8.04. The Hall–Kier alpha value is -2.62. The van der Waals surface area contributed by atoms with E-state index in [9.17, 15) is 4.79 Å². The van der Waals surface area contributed by atoms with Gasteiger partial charge in [-0.15, -0.1) is 0 Å². The molecule has 0 spiro atoms. The maximum Gasteiger partial charge on any atom is 0.220 e. The number of hydrogen-bond acceptors (Lipinski definition) is 2. The average molecular weight is 307 g/mol. The zero-order chi connectivity index (χ0) is 15.9. The first-order valence-electron chi connectivity index (χ1n) is 8.04. The molecule has 0 atom stereocenters. The van der Waals surface area contributed by atoms with E-state index in [0.29, 0.717) is 13.0 Å². The molecule has 3 rings (SSSR count). The summed E-state index contributed by atoms with van der Waals surface area (Å²) in [5.41, 5.74) is 2.31. The van der Waals surface area contributed by atoms with Gasteiger partial charge in [0.1, 0.15) is 5.82 Å². The number of rotatable bonds is 7. The fourth-order valence-electron chi connectivity index (χ4n) is 2.65. The van der Waals surface area contributed by atoms with Gasteiger partial charge in [0.15, 0.2) is 0 Å². The lowest BCUT2D eigenvalue weighted by Crippen LogP contribution is -2.25. The molecule has 3 aromatic rings. The van der Waals surface area contributed by atoms with Crippen LogP contribution < -0.4 is 5.32 Å². The van der Waals surface area contributed by atoms with Crippen molar-refractivity contribution in [1.82, 2.24) is 14.7 Å². The van der Waals surface area contributed by atoms with E-state index >= 15 is 0 Å². The minimum absolute atomic E-state index is 0.113. The molecule has 1 N–H and O–H groups in total. The zero-order valence-corrected chi connectivity index (χ0v) is 13.1. The number of fused-ring (bicyclic) bond motifs is 1. The number of nitrogens with one attached hydrogen (secondary N) is 1. The molecule has 0 aliphatic carbocycles. The molecule has 0 aliphatic heterocycles. The second-order valence-corrected chi connectivity index (χ2v) is 5.61. The van der Waals surface area contributed by atoms with Crippen molar-refractivity contribution in [3.63, 3.8) is 0 Å². The first-order chi connectivity index (χ1) is 11.3. The highest BCUT2D eigenvalue weighted by Gasteiger charge is 2.04. The van der Waals surface area contributed by atoms with Crippen LogP contribution in [0.4, 0.5) is 0 Å². The Morgan fingerprint density at radius 3 is 2.74 bits per heavy atom. The smallest absolute Gasteiger partial charge is 0.220 e. The van der Waals surface area contributed by atoms with Gasteiger partial charge in [0.25, 0.3) is 0 Å². The number of carbonyl (C=O) groups is 1. The van der Waals surface area contributed by atoms with Crippen molar-refractivity contribution in [2.45, 2.75) is 25.7 Å². The van der Waals surface area contributed by atoms with Gasteiger partial charge in [0.2, 0.25) is 5.91 Å². The predicted octanol–water partition coefficient (Wildman–Crippen LogP) is 3.02. The molecular weight excluding hydrogens is 286 g/mol. The van der Waals surface area contributed by atoms with Crippen molar-refractivity contribution in [3.8, 4) is 0 Å². The van der Waals surface area contributed by atoms with Gasteiger partial charge in [-0.25, -0.2) is 4.98 Å². The van der Waals surface area contributed by atoms with Gasteiger partial charge in [-0.3, -0.25) is 4.79 Å². The highest BCUT2D eigenvalue weighted by atomic mass is 16.1. The third-order valence-corrected chi connectivity index (χ3v) is 3.90. The summed E-state index contributed by atoms with van der Waals surface area (Å²) < 4.78 is 2.09. The third-order valence-electron chi connectivity index (χ3n) is 3.90. The molecule has 0 radical (unpaired) electrons. The van der Waals surface area contributed by atoms with Crippen LogP contribution in [0, 0.1) is 0 Å². The molecule has 23 heavy (non-hydrogen) atoms. The van der Waals surface area contributed by atoms with Crippen molar-refractivity contribution in [1.29, 1.82) is 0 Å². The Bertz CT molecular complexity index is 764. The fraction of sp³-hybridized carbons (Fsp3) is 0.263. The lowest BCUT2D eigenvalue weighted by atomic mass is 10.1. The van der Waals surface area contributed by atoms with Crippen molar-refractivity contribution in [3.05, 3.63) is 72.3 Å². The van der Waals surface area contributed by atoms with Gasteiger partial charge in [0.05, 0.1) is 11.7 Å². The number of carbonyl (C=O) groups excluding carboxylic acids is 1. The van der Waals surface area contributed by atoms with E-state index in [0.717, 1.165) is 30.6 Å². The number of hydrogen-bond donors (Lipinski definition) is 1. The molecule has 4 heteroatoms. The minimum atomic E-state index is 0.113. The van der Waals surface area contributed by atoms with Gasteiger partial charge >= 0.3 is 0 Å². The lowest BCUT2D eigenvalue weighted by Gasteiger charge is -2.05. The van der Waals surface area contributed by atoms with Crippen LogP contribution in [0.25, 0.3) is 5.52 Å². The number of benzene rings is 1. The highest BCUT2D eigenvalue weighted by Crippen LogP contribution is 2.07. The second-order valence-electron chi connectivity index (χ2n) is 5.61. The molecule has 1 aromatic carbocycles. The summed E-state index contributed by atoms with van der Waals surface area (Å²) in [6, 6.07) is 16.2. The summed E-state index contributed by atoms with van der Waals surface area (Å²) in [4.78, 5) is 16.3. The maximum atomic E-state index is 11.9. The summed E-state index contributed by atoms with van der Waals surface area (Å²) in [5, 5.41) is 2.99. The molecule has 4 nitrogen and oxygen atoms in total. The van der Waals surface area contributed by atoms with Gasteiger partial charge in [-0.05, 0) is 30.5 Å². The number of amides is 1. The Labute approximate surface area is 136 Å². The maximum absolute atomic E-state index is 11.9. The van der Waals surface area contributed by atoms with Gasteiger partial charge in [-0.1, -0.05) is 36.4 Å². The Morgan fingerprint density at radius 2 is 1.87 bits per heavy atom. The summed E-state index contributed by atoms with van der Waals surface area (Å²) in [6.07, 6.45) is 6.99. The van der Waals surface area contributed by atoms with Crippen molar-refractivity contribution in [2.24, 2.45) is 0 Å². The van der Waals surface area contributed by atoms with E-state index in [4.69, 9.17) is 0 Å². The van der Waals surface area contributed by atoms with Crippen LogP contribution in [-0.4, -0.2) is 21.8 Å². The van der Waals surface area contributed by atoms with Crippen LogP contribution in [0.2, 0.25) is 0 Å². The number of nitrogens with zero attached hydrogens (tertiary/aromatic N) is 2. The molecule has 2 aromatic heterocycles. The van der Waals surface area contributed by atoms with E-state index in [1.54, 1.807) is 0 Å². The van der Waals surface area contributed by atoms with E-state index in [1.165, 1.54) is 5.56 Å². The van der Waals surface area contributed by atoms with E-state index in [1.807, 2.05) is 48.8 Å². The number of aromatic nitrogens is 2. The monoisotopic (exact) mass is 307 g/mol. The van der Waals surface area contributed by atoms with E-state index in [2.05, 4.69) is 26.8 Å².